The van der Waals surface area contributed by atoms with Gasteiger partial charge in [-0.15, -0.1) is 0 Å². The molecule has 0 aliphatic carbocycles. The molecule has 21 heavy (non-hydrogen) atoms. The lowest BCUT2D eigenvalue weighted by Gasteiger charge is -2.04. The molecule has 6 heteroatoms. The third-order valence-electron chi connectivity index (χ3n) is 3.09. The summed E-state index contributed by atoms with van der Waals surface area (Å²) in [5, 5.41) is 11.9. The lowest BCUT2D eigenvalue weighted by Crippen LogP contribution is -2.03. The molecule has 0 amide bonds. The third-order valence-corrected chi connectivity index (χ3v) is 3.09. The maximum atomic E-state index is 13.5. The summed E-state index contributed by atoms with van der Waals surface area (Å²) in [7, 11) is 0. The van der Waals surface area contributed by atoms with Gasteiger partial charge in [-0.25, -0.2) is 13.8 Å². The molecule has 0 saturated heterocycles. The van der Waals surface area contributed by atoms with Crippen LogP contribution in [0, 0.1) is 23.0 Å². The van der Waals surface area contributed by atoms with Gasteiger partial charge in [-0.2, -0.15) is 5.26 Å². The van der Waals surface area contributed by atoms with Crippen molar-refractivity contribution in [2.75, 3.05) is 5.32 Å². The maximum absolute atomic E-state index is 13.5. The number of imidazole rings is 1. The Kier molecular flexibility index (Phi) is 3.24. The Morgan fingerprint density at radius 2 is 2.10 bits per heavy atom. The molecule has 3 rings (SSSR count). The zero-order valence-electron chi connectivity index (χ0n) is 10.8. The van der Waals surface area contributed by atoms with Crippen LogP contribution in [0.25, 0.3) is 11.0 Å². The van der Waals surface area contributed by atoms with Gasteiger partial charge in [0.15, 0.2) is 0 Å². The van der Waals surface area contributed by atoms with Crippen molar-refractivity contribution in [3.8, 4) is 6.07 Å². The van der Waals surface area contributed by atoms with Gasteiger partial charge in [-0.1, -0.05) is 12.1 Å². The Labute approximate surface area is 119 Å². The van der Waals surface area contributed by atoms with E-state index in [-0.39, 0.29) is 6.54 Å². The first-order valence-electron chi connectivity index (χ1n) is 6.24. The highest BCUT2D eigenvalue weighted by Gasteiger charge is 2.08. The first kappa shape index (κ1) is 13.1. The molecule has 0 aliphatic rings. The molecule has 4 nitrogen and oxygen atoms in total. The Bertz CT molecular complexity index is 848. The minimum absolute atomic E-state index is 0.161. The molecular formula is C15H10F2N4. The third kappa shape index (κ3) is 2.54. The van der Waals surface area contributed by atoms with E-state index in [9.17, 15) is 8.78 Å². The van der Waals surface area contributed by atoms with Crippen molar-refractivity contribution in [2.45, 2.75) is 6.54 Å². The molecule has 0 radical (unpaired) electrons. The molecule has 0 atom stereocenters. The van der Waals surface area contributed by atoms with Crippen LogP contribution in [0.1, 0.15) is 11.1 Å². The van der Waals surface area contributed by atoms with Crippen LogP contribution in [0.3, 0.4) is 0 Å². The largest absolute Gasteiger partial charge is 0.352 e. The van der Waals surface area contributed by atoms with E-state index >= 15 is 0 Å². The van der Waals surface area contributed by atoms with Crippen LogP contribution in [0.2, 0.25) is 0 Å². The second-order valence-corrected chi connectivity index (χ2v) is 4.49. The molecule has 2 aromatic carbocycles. The summed E-state index contributed by atoms with van der Waals surface area (Å²) in [5.74, 6) is -0.800. The average molecular weight is 284 g/mol. The van der Waals surface area contributed by atoms with Crippen LogP contribution >= 0.6 is 0 Å². The van der Waals surface area contributed by atoms with Gasteiger partial charge in [0.25, 0.3) is 0 Å². The second kappa shape index (κ2) is 5.21. The van der Waals surface area contributed by atoms with E-state index in [0.717, 1.165) is 11.6 Å². The molecule has 0 unspecified atom stereocenters. The monoisotopic (exact) mass is 284 g/mol. The van der Waals surface area contributed by atoms with E-state index in [1.54, 1.807) is 18.2 Å². The fourth-order valence-corrected chi connectivity index (χ4v) is 2.05. The Balaban J connectivity index is 1.84. The van der Waals surface area contributed by atoms with Gasteiger partial charge in [-0.3, -0.25) is 0 Å². The zero-order chi connectivity index (χ0) is 14.8. The van der Waals surface area contributed by atoms with E-state index in [2.05, 4.69) is 21.4 Å². The smallest absolute Gasteiger partial charge is 0.201 e. The van der Waals surface area contributed by atoms with Crippen LogP contribution in [-0.2, 0) is 6.54 Å². The van der Waals surface area contributed by atoms with E-state index < -0.39 is 11.6 Å². The van der Waals surface area contributed by atoms with Crippen LogP contribution in [0.15, 0.2) is 36.4 Å². The summed E-state index contributed by atoms with van der Waals surface area (Å²) in [4.78, 5) is 7.26. The first-order valence-corrected chi connectivity index (χ1v) is 6.24. The maximum Gasteiger partial charge on any atom is 0.201 e. The average Bonchev–Trinajstić information content (AvgIpc) is 2.89. The number of nitrogens with zero attached hydrogens (tertiary/aromatic N) is 2. The minimum Gasteiger partial charge on any atom is -0.352 e. The van der Waals surface area contributed by atoms with E-state index in [1.165, 1.54) is 12.1 Å². The molecule has 2 N–H and O–H groups in total. The zero-order valence-corrected chi connectivity index (χ0v) is 10.8. The predicted octanol–water partition coefficient (Wildman–Crippen LogP) is 3.32. The molecule has 3 aromatic rings. The highest BCUT2D eigenvalue weighted by Crippen LogP contribution is 2.19. The topological polar surface area (TPSA) is 64.5 Å². The summed E-state index contributed by atoms with van der Waals surface area (Å²) in [6.07, 6.45) is 0. The quantitative estimate of drug-likeness (QED) is 0.775. The van der Waals surface area contributed by atoms with Gasteiger partial charge in [0, 0.05) is 18.2 Å². The highest BCUT2D eigenvalue weighted by molar-refractivity contribution is 5.83. The molecule has 0 bridgehead atoms. The number of rotatable bonds is 3. The van der Waals surface area contributed by atoms with Crippen molar-refractivity contribution >= 4 is 17.0 Å². The van der Waals surface area contributed by atoms with E-state index in [1.807, 2.05) is 0 Å². The fourth-order valence-electron chi connectivity index (χ4n) is 2.05. The Morgan fingerprint density at radius 3 is 2.86 bits per heavy atom. The van der Waals surface area contributed by atoms with Crippen LogP contribution in [0.5, 0.6) is 0 Å². The summed E-state index contributed by atoms with van der Waals surface area (Å²) in [6.45, 7) is 0.161. The van der Waals surface area contributed by atoms with Crippen LogP contribution in [-0.4, -0.2) is 9.97 Å². The fraction of sp³-hybridized carbons (Fsp3) is 0.0667. The number of aromatic amines is 1. The van der Waals surface area contributed by atoms with Gasteiger partial charge in [0.05, 0.1) is 11.1 Å². The van der Waals surface area contributed by atoms with E-state index in [4.69, 9.17) is 5.26 Å². The molecule has 0 saturated carbocycles. The van der Waals surface area contributed by atoms with Gasteiger partial charge in [-0.05, 0) is 18.2 Å². The molecule has 104 valence electrons. The summed E-state index contributed by atoms with van der Waals surface area (Å²) in [6, 6.07) is 10.7. The molecule has 0 spiro atoms. The van der Waals surface area contributed by atoms with Gasteiger partial charge in [0.1, 0.15) is 23.2 Å². The van der Waals surface area contributed by atoms with Crippen LogP contribution in [0.4, 0.5) is 14.7 Å². The Morgan fingerprint density at radius 1 is 1.24 bits per heavy atom. The molecule has 1 heterocycles. The summed E-state index contributed by atoms with van der Waals surface area (Å²) >= 11 is 0. The lowest BCUT2D eigenvalue weighted by atomic mass is 10.2. The van der Waals surface area contributed by atoms with Gasteiger partial charge < -0.3 is 10.3 Å². The molecule has 0 aliphatic heterocycles. The summed E-state index contributed by atoms with van der Waals surface area (Å²) in [5.41, 5.74) is 2.07. The second-order valence-electron chi connectivity index (χ2n) is 4.49. The number of H-pyrrole nitrogens is 1. The standard InChI is InChI=1S/C15H10F2N4/c16-11-5-4-10(12(17)6-11)8-19-15-20-13-3-1-2-9(7-18)14(13)21-15/h1-6H,8H2,(H2,19,20,21). The number of nitrogens with one attached hydrogen (secondary N) is 2. The van der Waals surface area contributed by atoms with Crippen molar-refractivity contribution in [3.63, 3.8) is 0 Å². The first-order chi connectivity index (χ1) is 10.2. The SMILES string of the molecule is N#Cc1cccc2[nH]c(NCc3ccc(F)cc3F)nc12. The predicted molar refractivity (Wildman–Crippen MR) is 74.5 cm³/mol. The van der Waals surface area contributed by atoms with Gasteiger partial charge >= 0.3 is 0 Å². The van der Waals surface area contributed by atoms with Crippen molar-refractivity contribution in [1.29, 1.82) is 5.26 Å². The number of aromatic nitrogens is 2. The van der Waals surface area contributed by atoms with Crippen molar-refractivity contribution in [2.24, 2.45) is 0 Å². The number of para-hydroxylation sites is 1. The van der Waals surface area contributed by atoms with E-state index in [0.29, 0.717) is 22.6 Å². The number of hydrogen-bond acceptors (Lipinski definition) is 3. The lowest BCUT2D eigenvalue weighted by molar-refractivity contribution is 0.574. The number of anilines is 1. The number of benzene rings is 2. The van der Waals surface area contributed by atoms with Gasteiger partial charge in [0.2, 0.25) is 5.95 Å². The summed E-state index contributed by atoms with van der Waals surface area (Å²) < 4.78 is 26.3. The number of fused-ring (bicyclic) bond motifs is 1. The van der Waals surface area contributed by atoms with Crippen molar-refractivity contribution in [3.05, 3.63) is 59.2 Å². The Hall–Kier alpha value is -2.94. The van der Waals surface area contributed by atoms with Crippen LogP contribution < -0.4 is 5.32 Å². The number of nitriles is 1. The molecule has 1 aromatic heterocycles. The number of halogens is 2. The van der Waals surface area contributed by atoms with Crippen molar-refractivity contribution < 1.29 is 8.78 Å². The molecular weight excluding hydrogens is 274 g/mol. The van der Waals surface area contributed by atoms with Crippen molar-refractivity contribution in [1.82, 2.24) is 9.97 Å². The minimum atomic E-state index is -0.615. The highest BCUT2D eigenvalue weighted by atomic mass is 19.1. The molecule has 0 fully saturated rings. The normalized spacial score (nSPS) is 10.5. The number of hydrogen-bond donors (Lipinski definition) is 2.